The molecule has 0 radical (unpaired) electrons. The molecular weight excluding hydrogens is 539 g/mol. The minimum atomic E-state index is -4.25. The predicted molar refractivity (Wildman–Crippen MR) is 146 cm³/mol. The average Bonchev–Trinajstić information content (AvgIpc) is 3.66. The summed E-state index contributed by atoms with van der Waals surface area (Å²) in [6.07, 6.45) is 1.09. The number of aromatic nitrogens is 4. The number of hydrogen-bond donors (Lipinski definition) is 1. The van der Waals surface area contributed by atoms with Crippen molar-refractivity contribution < 1.29 is 17.6 Å². The smallest absolute Gasteiger partial charge is 0.393 e. The summed E-state index contributed by atoms with van der Waals surface area (Å²) < 4.78 is 45.9. The first-order valence-electron chi connectivity index (χ1n) is 13.0. The van der Waals surface area contributed by atoms with Crippen LogP contribution >= 0.6 is 11.3 Å². The molecule has 1 fully saturated rings. The van der Waals surface area contributed by atoms with E-state index in [0.29, 0.717) is 34.2 Å². The normalized spacial score (nSPS) is 15.2. The third kappa shape index (κ3) is 5.39. The van der Waals surface area contributed by atoms with Crippen molar-refractivity contribution in [2.45, 2.75) is 51.5 Å². The van der Waals surface area contributed by atoms with E-state index in [2.05, 4.69) is 50.3 Å². The first-order valence-corrected chi connectivity index (χ1v) is 13.8. The fraction of sp³-hybridized carbons (Fsp3) is 0.357. The average molecular weight is 566 g/mol. The standard InChI is InChI=1S/C28H26F3N7OS/c1-17-18(2-3-24-22(17)10-20(13-32)38(24)15-25-33-6-9-39-25)14-37-7-4-19(5-8-37)36-26-23-11-21(12-28(29,30)31)40-27(23)35-16-34-26/h2-3,6,9-11,16,19H,4-5,7-8,12,14-15H2,1H3,(H,34,35,36). The van der Waals surface area contributed by atoms with E-state index >= 15 is 0 Å². The van der Waals surface area contributed by atoms with E-state index in [-0.39, 0.29) is 10.9 Å². The number of nitrogens with one attached hydrogen (secondary N) is 1. The molecule has 1 saturated heterocycles. The Morgan fingerprint density at radius 2 is 1.95 bits per heavy atom. The Bertz CT molecular complexity index is 1690. The van der Waals surface area contributed by atoms with Crippen molar-refractivity contribution in [3.05, 3.63) is 70.6 Å². The number of halogens is 3. The van der Waals surface area contributed by atoms with Crippen LogP contribution in [0.1, 0.15) is 40.4 Å². The van der Waals surface area contributed by atoms with Crippen LogP contribution in [0, 0.1) is 18.3 Å². The van der Waals surface area contributed by atoms with Gasteiger partial charge in [0, 0.05) is 41.5 Å². The number of thiophene rings is 1. The number of anilines is 1. The third-order valence-electron chi connectivity index (χ3n) is 7.44. The highest BCUT2D eigenvalue weighted by molar-refractivity contribution is 7.18. The van der Waals surface area contributed by atoms with Gasteiger partial charge < -0.3 is 14.3 Å². The molecule has 4 aromatic heterocycles. The number of hydrogen-bond acceptors (Lipinski definition) is 8. The summed E-state index contributed by atoms with van der Waals surface area (Å²) in [6, 6.07) is 10.1. The topological polar surface area (TPSA) is 95.8 Å². The number of rotatable bonds is 7. The molecule has 0 amide bonds. The van der Waals surface area contributed by atoms with Gasteiger partial charge in [-0.1, -0.05) is 6.07 Å². The molecule has 12 heteroatoms. The molecule has 1 aromatic carbocycles. The quantitative estimate of drug-likeness (QED) is 0.257. The molecule has 0 spiro atoms. The lowest BCUT2D eigenvalue weighted by Gasteiger charge is -2.33. The Kier molecular flexibility index (Phi) is 6.93. The van der Waals surface area contributed by atoms with Gasteiger partial charge in [-0.2, -0.15) is 18.4 Å². The molecule has 0 bridgehead atoms. The molecule has 0 unspecified atom stereocenters. The molecule has 0 atom stereocenters. The summed E-state index contributed by atoms with van der Waals surface area (Å²) in [5.74, 6) is 1.15. The Morgan fingerprint density at radius 3 is 2.67 bits per heavy atom. The Hall–Kier alpha value is -3.95. The maximum Gasteiger partial charge on any atom is 0.393 e. The van der Waals surface area contributed by atoms with E-state index in [0.717, 1.165) is 60.3 Å². The number of benzene rings is 1. The fourth-order valence-corrected chi connectivity index (χ4v) is 6.42. The van der Waals surface area contributed by atoms with Gasteiger partial charge in [0.2, 0.25) is 5.89 Å². The molecule has 5 aromatic rings. The number of likely N-dealkylation sites (tertiary alicyclic amines) is 1. The molecule has 1 aliphatic heterocycles. The third-order valence-corrected chi connectivity index (χ3v) is 8.48. The van der Waals surface area contributed by atoms with E-state index in [1.165, 1.54) is 18.2 Å². The largest absolute Gasteiger partial charge is 0.447 e. The molecular formula is C28H26F3N7OS. The van der Waals surface area contributed by atoms with Gasteiger partial charge in [0.05, 0.1) is 18.0 Å². The van der Waals surface area contributed by atoms with Gasteiger partial charge in [-0.25, -0.2) is 15.0 Å². The van der Waals surface area contributed by atoms with Gasteiger partial charge in [0.25, 0.3) is 0 Å². The van der Waals surface area contributed by atoms with Gasteiger partial charge in [-0.15, -0.1) is 11.3 Å². The maximum absolute atomic E-state index is 12.9. The van der Waals surface area contributed by atoms with Crippen molar-refractivity contribution in [3.8, 4) is 6.07 Å². The van der Waals surface area contributed by atoms with Crippen LogP contribution in [-0.4, -0.2) is 49.7 Å². The molecule has 1 N–H and O–H groups in total. The first-order chi connectivity index (χ1) is 19.3. The zero-order chi connectivity index (χ0) is 27.9. The van der Waals surface area contributed by atoms with Crippen LogP contribution < -0.4 is 5.32 Å². The molecule has 40 heavy (non-hydrogen) atoms. The second kappa shape index (κ2) is 10.6. The van der Waals surface area contributed by atoms with Crippen LogP contribution in [0.15, 0.2) is 47.5 Å². The summed E-state index contributed by atoms with van der Waals surface area (Å²) in [5.41, 5.74) is 3.90. The fourth-order valence-electron chi connectivity index (χ4n) is 5.40. The SMILES string of the molecule is Cc1c(CN2CCC(Nc3ncnc4sc(CC(F)(F)F)cc34)CC2)ccc2c1cc(C#N)n2Cc1ncco1. The van der Waals surface area contributed by atoms with Crippen molar-refractivity contribution in [1.29, 1.82) is 5.26 Å². The highest BCUT2D eigenvalue weighted by atomic mass is 32.1. The van der Waals surface area contributed by atoms with Crippen LogP contribution in [0.25, 0.3) is 21.1 Å². The van der Waals surface area contributed by atoms with Gasteiger partial charge in [-0.05, 0) is 49.1 Å². The minimum Gasteiger partial charge on any atom is -0.447 e. The van der Waals surface area contributed by atoms with Gasteiger partial charge in [0.1, 0.15) is 41.5 Å². The van der Waals surface area contributed by atoms with E-state index in [4.69, 9.17) is 4.42 Å². The van der Waals surface area contributed by atoms with E-state index in [9.17, 15) is 18.4 Å². The zero-order valence-electron chi connectivity index (χ0n) is 21.7. The molecule has 0 saturated carbocycles. The summed E-state index contributed by atoms with van der Waals surface area (Å²) >= 11 is 1.06. The van der Waals surface area contributed by atoms with Crippen LogP contribution in [0.5, 0.6) is 0 Å². The number of fused-ring (bicyclic) bond motifs is 2. The highest BCUT2D eigenvalue weighted by Gasteiger charge is 2.29. The zero-order valence-corrected chi connectivity index (χ0v) is 22.5. The number of oxazole rings is 1. The Morgan fingerprint density at radius 1 is 1.12 bits per heavy atom. The lowest BCUT2D eigenvalue weighted by Crippen LogP contribution is -2.39. The maximum atomic E-state index is 12.9. The van der Waals surface area contributed by atoms with Crippen LogP contribution in [0.3, 0.4) is 0 Å². The second-order valence-electron chi connectivity index (χ2n) is 10.1. The minimum absolute atomic E-state index is 0.173. The summed E-state index contributed by atoms with van der Waals surface area (Å²) in [5, 5.41) is 14.9. The molecule has 1 aliphatic rings. The molecule has 5 heterocycles. The molecule has 6 rings (SSSR count). The second-order valence-corrected chi connectivity index (χ2v) is 11.2. The lowest BCUT2D eigenvalue weighted by molar-refractivity contribution is -0.126. The van der Waals surface area contributed by atoms with Crippen LogP contribution in [-0.2, 0) is 19.5 Å². The van der Waals surface area contributed by atoms with Crippen molar-refractivity contribution in [2.24, 2.45) is 0 Å². The Labute approximate surface area is 232 Å². The van der Waals surface area contributed by atoms with Crippen LogP contribution in [0.4, 0.5) is 19.0 Å². The monoisotopic (exact) mass is 565 g/mol. The molecule has 8 nitrogen and oxygen atoms in total. The number of aryl methyl sites for hydroxylation is 1. The lowest BCUT2D eigenvalue weighted by atomic mass is 10.0. The Balaban J connectivity index is 1.12. The van der Waals surface area contributed by atoms with E-state index in [1.54, 1.807) is 12.3 Å². The van der Waals surface area contributed by atoms with Crippen molar-refractivity contribution in [2.75, 3.05) is 18.4 Å². The molecule has 206 valence electrons. The highest BCUT2D eigenvalue weighted by Crippen LogP contribution is 2.33. The number of piperidine rings is 1. The van der Waals surface area contributed by atoms with E-state index < -0.39 is 12.6 Å². The molecule has 0 aliphatic carbocycles. The summed E-state index contributed by atoms with van der Waals surface area (Å²) in [6.45, 7) is 5.04. The number of alkyl halides is 3. The van der Waals surface area contributed by atoms with Gasteiger partial charge in [0.15, 0.2) is 0 Å². The van der Waals surface area contributed by atoms with Crippen molar-refractivity contribution in [1.82, 2.24) is 24.4 Å². The van der Waals surface area contributed by atoms with Gasteiger partial charge in [-0.3, -0.25) is 4.90 Å². The predicted octanol–water partition coefficient (Wildman–Crippen LogP) is 6.04. The van der Waals surface area contributed by atoms with Crippen molar-refractivity contribution in [3.63, 3.8) is 0 Å². The number of nitriles is 1. The number of nitrogens with zero attached hydrogens (tertiary/aromatic N) is 6. The van der Waals surface area contributed by atoms with Gasteiger partial charge >= 0.3 is 6.18 Å². The first kappa shape index (κ1) is 26.3. The van der Waals surface area contributed by atoms with Crippen LogP contribution in [0.2, 0.25) is 0 Å². The van der Waals surface area contributed by atoms with Crippen molar-refractivity contribution >= 4 is 38.3 Å². The summed E-state index contributed by atoms with van der Waals surface area (Å²) in [7, 11) is 0. The van der Waals surface area contributed by atoms with E-state index in [1.807, 2.05) is 10.6 Å². The summed E-state index contributed by atoms with van der Waals surface area (Å²) in [4.78, 5) is 15.9.